The van der Waals surface area contributed by atoms with E-state index in [1.165, 1.54) is 0 Å². The molecule has 6 nitrogen and oxygen atoms in total. The molecule has 0 amide bonds. The van der Waals surface area contributed by atoms with Crippen LogP contribution in [-0.2, 0) is 6.42 Å². The lowest BCUT2D eigenvalue weighted by molar-refractivity contribution is 0.748. The molecule has 0 atom stereocenters. The molecule has 0 saturated heterocycles. The smallest absolute Gasteiger partial charge is 0.220 e. The molecule has 0 bridgehead atoms. The van der Waals surface area contributed by atoms with Crippen LogP contribution in [0.1, 0.15) is 48.4 Å². The molecule has 124 valence electrons. The standard InChI is InChI=1S/C18H22N6/c1-11(2)17-22-16(24(23-17)14-8-6-5-7-9-14)10-15-12(3)20-18(19)21-13(15)4/h5-9,11H,10H2,1-4H3,(H2,19,20,21). The number of hydrogen-bond acceptors (Lipinski definition) is 5. The van der Waals surface area contributed by atoms with Crippen LogP contribution in [0.3, 0.4) is 0 Å². The summed E-state index contributed by atoms with van der Waals surface area (Å²) in [5.41, 5.74) is 9.54. The molecule has 0 spiro atoms. The Balaban J connectivity index is 2.08. The molecule has 24 heavy (non-hydrogen) atoms. The summed E-state index contributed by atoms with van der Waals surface area (Å²) in [5, 5.41) is 4.69. The molecular formula is C18H22N6. The van der Waals surface area contributed by atoms with Crippen molar-refractivity contribution in [1.29, 1.82) is 0 Å². The van der Waals surface area contributed by atoms with E-state index in [-0.39, 0.29) is 5.92 Å². The zero-order chi connectivity index (χ0) is 17.3. The van der Waals surface area contributed by atoms with Crippen LogP contribution in [0.5, 0.6) is 0 Å². The molecular weight excluding hydrogens is 300 g/mol. The number of nitrogens with zero attached hydrogens (tertiary/aromatic N) is 5. The van der Waals surface area contributed by atoms with Crippen LogP contribution < -0.4 is 5.73 Å². The average Bonchev–Trinajstić information content (AvgIpc) is 2.96. The Morgan fingerprint density at radius 2 is 1.62 bits per heavy atom. The van der Waals surface area contributed by atoms with Gasteiger partial charge in [0.25, 0.3) is 0 Å². The van der Waals surface area contributed by atoms with Crippen molar-refractivity contribution in [3.8, 4) is 5.69 Å². The minimum absolute atomic E-state index is 0.263. The Kier molecular flexibility index (Phi) is 4.29. The van der Waals surface area contributed by atoms with E-state index < -0.39 is 0 Å². The van der Waals surface area contributed by atoms with Crippen molar-refractivity contribution in [2.24, 2.45) is 0 Å². The molecule has 2 heterocycles. The number of aromatic nitrogens is 5. The van der Waals surface area contributed by atoms with Gasteiger partial charge in [0.2, 0.25) is 5.95 Å². The highest BCUT2D eigenvalue weighted by Gasteiger charge is 2.17. The van der Waals surface area contributed by atoms with Crippen molar-refractivity contribution in [2.75, 3.05) is 5.73 Å². The van der Waals surface area contributed by atoms with E-state index in [0.29, 0.717) is 12.4 Å². The molecule has 3 rings (SSSR count). The Morgan fingerprint density at radius 1 is 1.00 bits per heavy atom. The average molecular weight is 322 g/mol. The third-order valence-electron chi connectivity index (χ3n) is 3.98. The van der Waals surface area contributed by atoms with Crippen LogP contribution in [0.2, 0.25) is 0 Å². The first-order valence-electron chi connectivity index (χ1n) is 8.06. The van der Waals surface area contributed by atoms with Gasteiger partial charge in [-0.25, -0.2) is 19.6 Å². The van der Waals surface area contributed by atoms with Crippen LogP contribution in [0, 0.1) is 13.8 Å². The monoisotopic (exact) mass is 322 g/mol. The SMILES string of the molecule is Cc1nc(N)nc(C)c1Cc1nc(C(C)C)nn1-c1ccccc1. The highest BCUT2D eigenvalue weighted by molar-refractivity contribution is 5.36. The predicted octanol–water partition coefficient (Wildman–Crippen LogP) is 2.97. The minimum atomic E-state index is 0.263. The first kappa shape index (κ1) is 16.1. The van der Waals surface area contributed by atoms with E-state index >= 15 is 0 Å². The molecule has 3 aromatic rings. The van der Waals surface area contributed by atoms with Gasteiger partial charge in [0.1, 0.15) is 5.82 Å². The topological polar surface area (TPSA) is 82.5 Å². The van der Waals surface area contributed by atoms with Gasteiger partial charge in [-0.2, -0.15) is 5.10 Å². The zero-order valence-electron chi connectivity index (χ0n) is 14.5. The molecule has 0 fully saturated rings. The van der Waals surface area contributed by atoms with Gasteiger partial charge in [0, 0.05) is 29.3 Å². The van der Waals surface area contributed by atoms with E-state index in [4.69, 9.17) is 15.8 Å². The van der Waals surface area contributed by atoms with Crippen LogP contribution in [0.4, 0.5) is 5.95 Å². The first-order chi connectivity index (χ1) is 11.5. The van der Waals surface area contributed by atoms with E-state index in [1.807, 2.05) is 48.9 Å². The molecule has 0 unspecified atom stereocenters. The van der Waals surface area contributed by atoms with Gasteiger partial charge < -0.3 is 5.73 Å². The van der Waals surface area contributed by atoms with E-state index in [0.717, 1.165) is 34.3 Å². The van der Waals surface area contributed by atoms with E-state index in [2.05, 4.69) is 23.8 Å². The maximum atomic E-state index is 5.73. The number of aryl methyl sites for hydroxylation is 2. The lowest BCUT2D eigenvalue weighted by Crippen LogP contribution is -2.09. The van der Waals surface area contributed by atoms with Crippen molar-refractivity contribution < 1.29 is 0 Å². The fourth-order valence-electron chi connectivity index (χ4n) is 2.68. The molecule has 0 radical (unpaired) electrons. The minimum Gasteiger partial charge on any atom is -0.368 e. The number of para-hydroxylation sites is 1. The van der Waals surface area contributed by atoms with Gasteiger partial charge in [-0.05, 0) is 26.0 Å². The summed E-state index contributed by atoms with van der Waals surface area (Å²) in [5.74, 6) is 2.28. The third kappa shape index (κ3) is 3.13. The van der Waals surface area contributed by atoms with Crippen molar-refractivity contribution in [1.82, 2.24) is 24.7 Å². The Morgan fingerprint density at radius 3 is 2.21 bits per heavy atom. The zero-order valence-corrected chi connectivity index (χ0v) is 14.5. The molecule has 0 aliphatic rings. The molecule has 0 saturated carbocycles. The summed E-state index contributed by atoms with van der Waals surface area (Å²) in [7, 11) is 0. The van der Waals surface area contributed by atoms with Gasteiger partial charge >= 0.3 is 0 Å². The fraction of sp³-hybridized carbons (Fsp3) is 0.333. The second kappa shape index (κ2) is 6.39. The summed E-state index contributed by atoms with van der Waals surface area (Å²) >= 11 is 0. The molecule has 2 aromatic heterocycles. The molecule has 0 aliphatic carbocycles. The van der Waals surface area contributed by atoms with Crippen LogP contribution >= 0.6 is 0 Å². The van der Waals surface area contributed by atoms with Crippen LogP contribution in [0.15, 0.2) is 30.3 Å². The summed E-state index contributed by atoms with van der Waals surface area (Å²) in [6, 6.07) is 10.0. The summed E-state index contributed by atoms with van der Waals surface area (Å²) in [6.45, 7) is 8.09. The molecule has 1 aromatic carbocycles. The third-order valence-corrected chi connectivity index (χ3v) is 3.98. The van der Waals surface area contributed by atoms with Gasteiger partial charge in [-0.15, -0.1) is 0 Å². The van der Waals surface area contributed by atoms with Crippen LogP contribution in [0.25, 0.3) is 5.69 Å². The van der Waals surface area contributed by atoms with Crippen molar-refractivity contribution in [2.45, 2.75) is 40.0 Å². The summed E-state index contributed by atoms with van der Waals surface area (Å²) in [6.07, 6.45) is 0.618. The number of rotatable bonds is 4. The van der Waals surface area contributed by atoms with Crippen LogP contribution in [-0.4, -0.2) is 24.7 Å². The number of nitrogens with two attached hydrogens (primary N) is 1. The predicted molar refractivity (Wildman–Crippen MR) is 94.2 cm³/mol. The number of anilines is 1. The fourth-order valence-corrected chi connectivity index (χ4v) is 2.68. The first-order valence-corrected chi connectivity index (χ1v) is 8.06. The lowest BCUT2D eigenvalue weighted by atomic mass is 10.1. The van der Waals surface area contributed by atoms with Gasteiger partial charge in [0.05, 0.1) is 5.69 Å². The summed E-state index contributed by atoms with van der Waals surface area (Å²) < 4.78 is 1.91. The Labute approximate surface area is 141 Å². The maximum Gasteiger partial charge on any atom is 0.220 e. The Hall–Kier alpha value is -2.76. The lowest BCUT2D eigenvalue weighted by Gasteiger charge is -2.10. The summed E-state index contributed by atoms with van der Waals surface area (Å²) in [4.78, 5) is 13.3. The van der Waals surface area contributed by atoms with Crippen molar-refractivity contribution in [3.63, 3.8) is 0 Å². The number of nitrogen functional groups attached to an aromatic ring is 1. The normalized spacial score (nSPS) is 11.2. The quantitative estimate of drug-likeness (QED) is 0.798. The maximum absolute atomic E-state index is 5.73. The highest BCUT2D eigenvalue weighted by atomic mass is 15.4. The highest BCUT2D eigenvalue weighted by Crippen LogP contribution is 2.20. The Bertz CT molecular complexity index is 828. The molecule has 0 aliphatic heterocycles. The number of benzene rings is 1. The van der Waals surface area contributed by atoms with Crippen molar-refractivity contribution in [3.05, 3.63) is 58.9 Å². The number of hydrogen-bond donors (Lipinski definition) is 1. The van der Waals surface area contributed by atoms with Gasteiger partial charge in [-0.1, -0.05) is 32.0 Å². The molecule has 6 heteroatoms. The van der Waals surface area contributed by atoms with Gasteiger partial charge in [0.15, 0.2) is 5.82 Å². The molecule has 2 N–H and O–H groups in total. The van der Waals surface area contributed by atoms with Crippen molar-refractivity contribution >= 4 is 5.95 Å². The van der Waals surface area contributed by atoms with Gasteiger partial charge in [-0.3, -0.25) is 0 Å². The van der Waals surface area contributed by atoms with E-state index in [9.17, 15) is 0 Å². The van der Waals surface area contributed by atoms with E-state index in [1.54, 1.807) is 0 Å². The largest absolute Gasteiger partial charge is 0.368 e. The second-order valence-electron chi connectivity index (χ2n) is 6.20. The second-order valence-corrected chi connectivity index (χ2v) is 6.20.